The molecule has 0 saturated carbocycles. The Morgan fingerprint density at radius 1 is 0.734 bits per heavy atom. The summed E-state index contributed by atoms with van der Waals surface area (Å²) in [6.07, 6.45) is 5.00. The fourth-order valence-electron chi connectivity index (χ4n) is 9.39. The molecule has 6 heterocycles. The van der Waals surface area contributed by atoms with Crippen LogP contribution in [0.5, 0.6) is 11.5 Å². The van der Waals surface area contributed by atoms with Gasteiger partial charge in [0, 0.05) is 46.5 Å². The van der Waals surface area contributed by atoms with Crippen LogP contribution >= 0.6 is 0 Å². The first kappa shape index (κ1) is 42.2. The predicted molar refractivity (Wildman–Crippen MR) is 237 cm³/mol. The molecule has 5 aromatic rings. The van der Waals surface area contributed by atoms with Gasteiger partial charge in [-0.05, 0) is 56.2 Å². The van der Waals surface area contributed by atoms with Crippen LogP contribution in [-0.4, -0.2) is 99.7 Å². The van der Waals surface area contributed by atoms with E-state index in [2.05, 4.69) is 44.9 Å². The van der Waals surface area contributed by atoms with Gasteiger partial charge in [-0.25, -0.2) is 19.6 Å². The molecule has 2 saturated heterocycles. The van der Waals surface area contributed by atoms with E-state index < -0.39 is 30.4 Å². The number of benzene rings is 3. The summed E-state index contributed by atoms with van der Waals surface area (Å²) >= 11 is 0. The number of imidazole rings is 2. The molecule has 4 amide bonds. The van der Waals surface area contributed by atoms with Crippen molar-refractivity contribution in [1.82, 2.24) is 40.4 Å². The summed E-state index contributed by atoms with van der Waals surface area (Å²) in [6.45, 7) is 6.91. The SMILES string of the molecule is COC(=O)N[C@@H](C)C(=O)N1CCC[C@H]1c1ncc(-c2ccc3c(c2)OC(c2ccccc2)C2=C3COc3cc(-c4cnc([C@@H]5CCCN5C(=O)[C@@H](NC(=O)OC)C(C)C)[nH]4)ccc32)[nH]1. The number of carbonyl (C=O) groups is 4. The van der Waals surface area contributed by atoms with Gasteiger partial charge >= 0.3 is 12.2 Å². The molecule has 1 unspecified atom stereocenters. The minimum atomic E-state index is -0.740. The molecule has 4 N–H and O–H groups in total. The van der Waals surface area contributed by atoms with Gasteiger partial charge in [-0.2, -0.15) is 0 Å². The lowest BCUT2D eigenvalue weighted by molar-refractivity contribution is -0.135. The molecule has 0 spiro atoms. The first-order valence-electron chi connectivity index (χ1n) is 21.8. The average molecular weight is 869 g/mol. The summed E-state index contributed by atoms with van der Waals surface area (Å²) in [5, 5.41) is 5.29. The minimum Gasteiger partial charge on any atom is -0.488 e. The second kappa shape index (κ2) is 17.6. The van der Waals surface area contributed by atoms with Crippen LogP contribution in [0, 0.1) is 5.92 Å². The first-order valence-corrected chi connectivity index (χ1v) is 21.8. The van der Waals surface area contributed by atoms with E-state index in [1.807, 2.05) is 56.3 Å². The van der Waals surface area contributed by atoms with Crippen LogP contribution in [0.2, 0.25) is 0 Å². The highest BCUT2D eigenvalue weighted by Gasteiger charge is 2.39. The van der Waals surface area contributed by atoms with Gasteiger partial charge in [-0.1, -0.05) is 68.4 Å². The van der Waals surface area contributed by atoms with E-state index in [0.29, 0.717) is 31.3 Å². The van der Waals surface area contributed by atoms with Crippen LogP contribution < -0.4 is 20.1 Å². The van der Waals surface area contributed by atoms with Crippen molar-refractivity contribution < 1.29 is 38.1 Å². The van der Waals surface area contributed by atoms with Crippen molar-refractivity contribution in [2.24, 2.45) is 5.92 Å². The third kappa shape index (κ3) is 7.92. The zero-order valence-electron chi connectivity index (χ0n) is 36.5. The molecule has 4 aliphatic heterocycles. The summed E-state index contributed by atoms with van der Waals surface area (Å²) in [6, 6.07) is 20.5. The van der Waals surface area contributed by atoms with Gasteiger partial charge < -0.3 is 49.3 Å². The third-order valence-corrected chi connectivity index (χ3v) is 12.7. The number of fused-ring (bicyclic) bond motifs is 4. The Morgan fingerprint density at radius 3 is 1.92 bits per heavy atom. The summed E-state index contributed by atoms with van der Waals surface area (Å²) in [5.74, 6) is 2.33. The first-order chi connectivity index (χ1) is 31.0. The molecule has 0 radical (unpaired) electrons. The number of alkyl carbamates (subject to hydrolysis) is 2. The standard InChI is InChI=1S/C48H52N8O8/c1-26(2)41(54-48(60)62-5)46(58)56-20-10-14-37(56)44-50-23-34(52-44)29-16-18-32-38(21-29)63-25-33-31-17-15-30(22-39(31)64-42(40(32)33)28-11-7-6-8-12-28)35-24-49-43(53-35)36-13-9-19-55(36)45(57)27(3)51-47(59)61-4/h6-8,11-12,15-18,21-24,26-27,36-37,41-42H,9-10,13-14,19-20,25H2,1-5H3,(H,49,53)(H,50,52)(H,51,59)(H,54,60)/t27-,36-,37-,41-,42?/m0/s1. The van der Waals surface area contributed by atoms with E-state index in [-0.39, 0.29) is 29.8 Å². The summed E-state index contributed by atoms with van der Waals surface area (Å²) in [5.41, 5.74) is 8.31. The highest BCUT2D eigenvalue weighted by atomic mass is 16.5. The topological polar surface area (TPSA) is 193 Å². The van der Waals surface area contributed by atoms with E-state index in [1.165, 1.54) is 14.2 Å². The lowest BCUT2D eigenvalue weighted by Crippen LogP contribution is -2.51. The number of ether oxygens (including phenoxy) is 4. The molecule has 0 bridgehead atoms. The Labute approximate surface area is 370 Å². The fourth-order valence-corrected chi connectivity index (χ4v) is 9.39. The second-order valence-corrected chi connectivity index (χ2v) is 17.0. The fraction of sp³-hybridized carbons (Fsp3) is 0.375. The number of hydrogen-bond acceptors (Lipinski definition) is 10. The maximum absolute atomic E-state index is 13.7. The van der Waals surface area contributed by atoms with Gasteiger partial charge in [0.2, 0.25) is 11.8 Å². The van der Waals surface area contributed by atoms with E-state index in [4.69, 9.17) is 28.9 Å². The van der Waals surface area contributed by atoms with Crippen molar-refractivity contribution in [3.8, 4) is 34.0 Å². The zero-order valence-corrected chi connectivity index (χ0v) is 36.5. The van der Waals surface area contributed by atoms with E-state index in [1.54, 1.807) is 29.1 Å². The average Bonchev–Trinajstić information content (AvgIpc) is 4.17. The lowest BCUT2D eigenvalue weighted by atomic mass is 9.83. The second-order valence-electron chi connectivity index (χ2n) is 17.0. The number of rotatable bonds is 10. The van der Waals surface area contributed by atoms with E-state index >= 15 is 0 Å². The molecule has 16 heteroatoms. The number of aromatic nitrogens is 4. The Bertz CT molecular complexity index is 2620. The predicted octanol–water partition coefficient (Wildman–Crippen LogP) is 7.36. The number of aromatic amines is 2. The molecule has 3 aromatic carbocycles. The molecular formula is C48H52N8O8. The van der Waals surface area contributed by atoms with Crippen molar-refractivity contribution in [3.05, 3.63) is 107 Å². The Kier molecular flexibility index (Phi) is 11.6. The van der Waals surface area contributed by atoms with Crippen molar-refractivity contribution in [3.63, 3.8) is 0 Å². The molecule has 4 aliphatic rings. The third-order valence-electron chi connectivity index (χ3n) is 12.7. The molecular weight excluding hydrogens is 817 g/mol. The van der Waals surface area contributed by atoms with Gasteiger partial charge in [-0.15, -0.1) is 0 Å². The van der Waals surface area contributed by atoms with Crippen LogP contribution in [0.15, 0.2) is 79.1 Å². The largest absolute Gasteiger partial charge is 0.488 e. The number of nitrogens with one attached hydrogen (secondary N) is 4. The molecule has 2 fully saturated rings. The number of hydrogen-bond donors (Lipinski definition) is 4. The van der Waals surface area contributed by atoms with Gasteiger partial charge in [-0.3, -0.25) is 9.59 Å². The minimum absolute atomic E-state index is 0.131. The van der Waals surface area contributed by atoms with Gasteiger partial charge in [0.05, 0.1) is 50.1 Å². The molecule has 0 aliphatic carbocycles. The number of likely N-dealkylation sites (tertiary alicyclic amines) is 2. The molecule has 16 nitrogen and oxygen atoms in total. The molecule has 5 atom stereocenters. The van der Waals surface area contributed by atoms with Crippen LogP contribution in [0.1, 0.15) is 93.0 Å². The van der Waals surface area contributed by atoms with Crippen molar-refractivity contribution in [2.45, 2.75) is 76.7 Å². The van der Waals surface area contributed by atoms with Crippen molar-refractivity contribution in [2.75, 3.05) is 33.9 Å². The Hall–Kier alpha value is -7.10. The van der Waals surface area contributed by atoms with Crippen LogP contribution in [0.4, 0.5) is 9.59 Å². The number of nitrogens with zero attached hydrogens (tertiary/aromatic N) is 4. The smallest absolute Gasteiger partial charge is 0.407 e. The lowest BCUT2D eigenvalue weighted by Gasteiger charge is -2.35. The number of carbonyl (C=O) groups excluding carboxylic acids is 4. The quantitative estimate of drug-likeness (QED) is 0.110. The molecule has 64 heavy (non-hydrogen) atoms. The summed E-state index contributed by atoms with van der Waals surface area (Å²) in [7, 11) is 2.56. The van der Waals surface area contributed by atoms with Crippen molar-refractivity contribution >= 4 is 35.1 Å². The highest BCUT2D eigenvalue weighted by Crippen LogP contribution is 2.52. The monoisotopic (exact) mass is 868 g/mol. The normalized spacial score (nSPS) is 19.8. The number of amides is 4. The van der Waals surface area contributed by atoms with E-state index in [0.717, 1.165) is 87.5 Å². The summed E-state index contributed by atoms with van der Waals surface area (Å²) in [4.78, 5) is 70.9. The van der Waals surface area contributed by atoms with Crippen molar-refractivity contribution in [1.29, 1.82) is 0 Å². The molecule has 332 valence electrons. The number of methoxy groups -OCH3 is 2. The Morgan fingerprint density at radius 2 is 1.31 bits per heavy atom. The van der Waals surface area contributed by atoms with Crippen LogP contribution in [0.3, 0.4) is 0 Å². The van der Waals surface area contributed by atoms with Gasteiger partial charge in [0.25, 0.3) is 0 Å². The van der Waals surface area contributed by atoms with E-state index in [9.17, 15) is 19.2 Å². The van der Waals surface area contributed by atoms with Crippen LogP contribution in [0.25, 0.3) is 33.7 Å². The molecule has 9 rings (SSSR count). The zero-order chi connectivity index (χ0) is 44.6. The Balaban J connectivity index is 0.982. The maximum atomic E-state index is 13.7. The number of H-pyrrole nitrogens is 2. The highest BCUT2D eigenvalue weighted by molar-refractivity contribution is 6.00. The maximum Gasteiger partial charge on any atom is 0.407 e. The van der Waals surface area contributed by atoms with Crippen LogP contribution in [-0.2, 0) is 19.1 Å². The summed E-state index contributed by atoms with van der Waals surface area (Å²) < 4.78 is 23.0. The van der Waals surface area contributed by atoms with Gasteiger partial charge in [0.1, 0.15) is 47.9 Å². The van der Waals surface area contributed by atoms with Gasteiger partial charge in [0.15, 0.2) is 0 Å². The molecule has 2 aromatic heterocycles.